The summed E-state index contributed by atoms with van der Waals surface area (Å²) in [5.41, 5.74) is 6.01. The average Bonchev–Trinajstić information content (AvgIpc) is 2.38. The lowest BCUT2D eigenvalue weighted by atomic mass is 10.2. The summed E-state index contributed by atoms with van der Waals surface area (Å²) in [4.78, 5) is 15.8. The van der Waals surface area contributed by atoms with Crippen molar-refractivity contribution in [1.82, 2.24) is 4.98 Å². The number of nitrogens with two attached hydrogens (primary N) is 1. The lowest BCUT2D eigenvalue weighted by Crippen LogP contribution is -2.28. The maximum absolute atomic E-state index is 11.8. The van der Waals surface area contributed by atoms with E-state index in [0.29, 0.717) is 24.7 Å². The van der Waals surface area contributed by atoms with E-state index in [1.165, 1.54) is 7.11 Å². The van der Waals surface area contributed by atoms with Crippen LogP contribution in [-0.2, 0) is 9.53 Å². The molecule has 18 heavy (non-hydrogen) atoms. The third-order valence-corrected chi connectivity index (χ3v) is 2.34. The number of hydrogen-bond acceptors (Lipinski definition) is 5. The summed E-state index contributed by atoms with van der Waals surface area (Å²) in [5, 5.41) is 2.73. The molecule has 1 aromatic heterocycles. The fraction of sp³-hybridized carbons (Fsp3) is 0.500. The van der Waals surface area contributed by atoms with Gasteiger partial charge in [0.1, 0.15) is 5.69 Å². The van der Waals surface area contributed by atoms with Crippen molar-refractivity contribution >= 4 is 11.6 Å². The van der Waals surface area contributed by atoms with Crippen molar-refractivity contribution in [3.63, 3.8) is 0 Å². The molecule has 1 aromatic rings. The minimum absolute atomic E-state index is 0.179. The number of pyridine rings is 1. The van der Waals surface area contributed by atoms with E-state index in [0.717, 1.165) is 0 Å². The normalized spacial score (nSPS) is 11.9. The Morgan fingerprint density at radius 2 is 2.39 bits per heavy atom. The van der Waals surface area contributed by atoms with Gasteiger partial charge in [-0.1, -0.05) is 0 Å². The summed E-state index contributed by atoms with van der Waals surface area (Å²) in [6, 6.07) is 3.47. The van der Waals surface area contributed by atoms with E-state index in [-0.39, 0.29) is 18.4 Å². The molecular weight excluding hydrogens is 234 g/mol. The van der Waals surface area contributed by atoms with Crippen LogP contribution in [0.2, 0.25) is 0 Å². The first-order valence-corrected chi connectivity index (χ1v) is 5.81. The van der Waals surface area contributed by atoms with Crippen LogP contribution >= 0.6 is 0 Å². The largest absolute Gasteiger partial charge is 0.476 e. The Morgan fingerprint density at radius 3 is 3.00 bits per heavy atom. The van der Waals surface area contributed by atoms with Gasteiger partial charge in [0, 0.05) is 19.9 Å². The van der Waals surface area contributed by atoms with Crippen molar-refractivity contribution in [2.24, 2.45) is 5.73 Å². The van der Waals surface area contributed by atoms with Crippen molar-refractivity contribution in [1.29, 1.82) is 0 Å². The number of nitrogens with zero attached hydrogens (tertiary/aromatic N) is 1. The molecule has 1 rings (SSSR count). The second-order valence-electron chi connectivity index (χ2n) is 3.63. The van der Waals surface area contributed by atoms with Crippen molar-refractivity contribution in [3.05, 3.63) is 18.3 Å². The van der Waals surface area contributed by atoms with E-state index < -0.39 is 0 Å². The number of ether oxygens (including phenoxy) is 2. The number of anilines is 1. The van der Waals surface area contributed by atoms with Crippen LogP contribution in [0, 0.1) is 0 Å². The fourth-order valence-corrected chi connectivity index (χ4v) is 1.41. The monoisotopic (exact) mass is 253 g/mol. The zero-order valence-electron chi connectivity index (χ0n) is 10.7. The summed E-state index contributed by atoms with van der Waals surface area (Å²) in [6.45, 7) is 2.65. The number of hydrogen-bond donors (Lipinski definition) is 2. The molecule has 100 valence electrons. The number of carbonyl (C=O) groups is 1. The van der Waals surface area contributed by atoms with Gasteiger partial charge in [-0.2, -0.15) is 0 Å². The Balaban J connectivity index is 2.63. The Labute approximate surface area is 106 Å². The highest BCUT2D eigenvalue weighted by molar-refractivity contribution is 5.92. The second kappa shape index (κ2) is 7.62. The highest BCUT2D eigenvalue weighted by Gasteiger charge is 2.13. The van der Waals surface area contributed by atoms with Crippen LogP contribution in [0.3, 0.4) is 0 Å². The first kappa shape index (κ1) is 14.4. The highest BCUT2D eigenvalue weighted by atomic mass is 16.5. The van der Waals surface area contributed by atoms with Gasteiger partial charge in [0.05, 0.1) is 19.1 Å². The van der Waals surface area contributed by atoms with E-state index in [2.05, 4.69) is 10.3 Å². The number of carbonyl (C=O) groups excluding carboxylic acids is 1. The molecule has 0 radical (unpaired) electrons. The minimum Gasteiger partial charge on any atom is -0.476 e. The van der Waals surface area contributed by atoms with Crippen LogP contribution in [0.25, 0.3) is 0 Å². The molecule has 1 unspecified atom stereocenters. The summed E-state index contributed by atoms with van der Waals surface area (Å²) in [5.74, 6) is 0.233. The van der Waals surface area contributed by atoms with Gasteiger partial charge in [0.25, 0.3) is 0 Å². The molecule has 0 fully saturated rings. The number of nitrogens with one attached hydrogen (secondary N) is 1. The van der Waals surface area contributed by atoms with Gasteiger partial charge in [0.15, 0.2) is 0 Å². The van der Waals surface area contributed by atoms with E-state index in [9.17, 15) is 4.79 Å². The predicted octanol–water partition coefficient (Wildman–Crippen LogP) is 0.783. The van der Waals surface area contributed by atoms with Crippen LogP contribution in [-0.4, -0.2) is 37.3 Å². The van der Waals surface area contributed by atoms with Crippen LogP contribution in [0.1, 0.15) is 13.3 Å². The highest BCUT2D eigenvalue weighted by Crippen LogP contribution is 2.20. The quantitative estimate of drug-likeness (QED) is 0.750. The Morgan fingerprint density at radius 1 is 1.61 bits per heavy atom. The molecule has 1 heterocycles. The molecule has 0 aliphatic rings. The molecule has 3 N–H and O–H groups in total. The van der Waals surface area contributed by atoms with Gasteiger partial charge in [-0.3, -0.25) is 4.79 Å². The van der Waals surface area contributed by atoms with Gasteiger partial charge in [0.2, 0.25) is 11.8 Å². The van der Waals surface area contributed by atoms with Gasteiger partial charge in [-0.05, 0) is 19.1 Å². The van der Waals surface area contributed by atoms with Crippen molar-refractivity contribution in [2.45, 2.75) is 19.4 Å². The van der Waals surface area contributed by atoms with E-state index in [1.54, 1.807) is 18.3 Å². The average molecular weight is 253 g/mol. The van der Waals surface area contributed by atoms with Gasteiger partial charge >= 0.3 is 0 Å². The topological polar surface area (TPSA) is 86.5 Å². The molecule has 0 aliphatic heterocycles. The molecule has 0 saturated carbocycles. The third kappa shape index (κ3) is 4.31. The van der Waals surface area contributed by atoms with E-state index in [4.69, 9.17) is 15.2 Å². The Hall–Kier alpha value is -1.66. The first-order chi connectivity index (χ1) is 8.71. The van der Waals surface area contributed by atoms with Crippen LogP contribution < -0.4 is 15.8 Å². The molecule has 0 saturated heterocycles. The predicted molar refractivity (Wildman–Crippen MR) is 68.5 cm³/mol. The first-order valence-electron chi connectivity index (χ1n) is 5.81. The van der Waals surface area contributed by atoms with Crippen LogP contribution in [0.15, 0.2) is 18.3 Å². The molecular formula is C12H19N3O3. The Bertz CT molecular complexity index is 381. The van der Waals surface area contributed by atoms with Crippen molar-refractivity contribution in [3.8, 4) is 5.88 Å². The molecule has 1 amide bonds. The number of rotatable bonds is 7. The van der Waals surface area contributed by atoms with E-state index >= 15 is 0 Å². The van der Waals surface area contributed by atoms with Crippen molar-refractivity contribution < 1.29 is 14.3 Å². The zero-order valence-corrected chi connectivity index (χ0v) is 10.7. The standard InChI is InChI=1S/C12H19N3O3/c1-3-18-12-10(5-4-6-14-12)15-11(16)7-9(8-13)17-2/h4-6,9H,3,7-8,13H2,1-2H3,(H,15,16). The number of aromatic nitrogens is 1. The van der Waals surface area contributed by atoms with Gasteiger partial charge in [-0.25, -0.2) is 4.98 Å². The minimum atomic E-state index is -0.280. The smallest absolute Gasteiger partial charge is 0.237 e. The zero-order chi connectivity index (χ0) is 13.4. The summed E-state index contributed by atoms with van der Waals surface area (Å²) in [6.07, 6.45) is 1.53. The number of methoxy groups -OCH3 is 1. The lowest BCUT2D eigenvalue weighted by molar-refractivity contribution is -0.118. The summed E-state index contributed by atoms with van der Waals surface area (Å²) >= 11 is 0. The second-order valence-corrected chi connectivity index (χ2v) is 3.63. The summed E-state index contributed by atoms with van der Waals surface area (Å²) in [7, 11) is 1.53. The maximum Gasteiger partial charge on any atom is 0.237 e. The lowest BCUT2D eigenvalue weighted by Gasteiger charge is -2.14. The van der Waals surface area contributed by atoms with Crippen LogP contribution in [0.4, 0.5) is 5.69 Å². The van der Waals surface area contributed by atoms with Gasteiger partial charge in [-0.15, -0.1) is 0 Å². The van der Waals surface area contributed by atoms with Crippen molar-refractivity contribution in [2.75, 3.05) is 25.6 Å². The molecule has 0 bridgehead atoms. The maximum atomic E-state index is 11.8. The third-order valence-electron chi connectivity index (χ3n) is 2.34. The molecule has 0 aromatic carbocycles. The van der Waals surface area contributed by atoms with Crippen LogP contribution in [0.5, 0.6) is 5.88 Å². The molecule has 0 aliphatic carbocycles. The molecule has 1 atom stereocenters. The fourth-order valence-electron chi connectivity index (χ4n) is 1.41. The SMILES string of the molecule is CCOc1ncccc1NC(=O)CC(CN)OC. The Kier molecular flexibility index (Phi) is 6.10. The molecule has 6 heteroatoms. The van der Waals surface area contributed by atoms with E-state index in [1.807, 2.05) is 6.92 Å². The molecule has 6 nitrogen and oxygen atoms in total. The van der Waals surface area contributed by atoms with Gasteiger partial charge < -0.3 is 20.5 Å². The number of amides is 1. The molecule has 0 spiro atoms. The summed E-state index contributed by atoms with van der Waals surface area (Å²) < 4.78 is 10.4.